The number of tetrazole rings is 1. The van der Waals surface area contributed by atoms with Crippen LogP contribution in [0.25, 0.3) is 22.5 Å². The van der Waals surface area contributed by atoms with Crippen molar-refractivity contribution in [3.8, 4) is 22.5 Å². The number of benzene rings is 2. The van der Waals surface area contributed by atoms with Gasteiger partial charge in [0.05, 0.1) is 0 Å². The molecule has 3 aromatic heterocycles. The minimum atomic E-state index is -1.41. The predicted octanol–water partition coefficient (Wildman–Crippen LogP) is 2.61. The van der Waals surface area contributed by atoms with Gasteiger partial charge < -0.3 is 23.2 Å². The minimum absolute atomic E-state index is 0. The van der Waals surface area contributed by atoms with Gasteiger partial charge in [-0.15, -0.1) is 10.2 Å². The summed E-state index contributed by atoms with van der Waals surface area (Å²) in [5.41, 5.74) is 2.60. The van der Waals surface area contributed by atoms with Gasteiger partial charge in [-0.1, -0.05) is 55.5 Å². The first-order valence-electron chi connectivity index (χ1n) is 13.2. The van der Waals surface area contributed by atoms with Crippen LogP contribution < -0.4 is 5.82 Å². The number of esters is 1. The van der Waals surface area contributed by atoms with Gasteiger partial charge in [-0.05, 0) is 49.1 Å². The van der Waals surface area contributed by atoms with Crippen LogP contribution in [0.1, 0.15) is 66.3 Å². The van der Waals surface area contributed by atoms with E-state index in [0.29, 0.717) is 24.6 Å². The van der Waals surface area contributed by atoms with E-state index in [1.54, 1.807) is 25.3 Å². The van der Waals surface area contributed by atoms with Crippen molar-refractivity contribution in [3.05, 3.63) is 93.4 Å². The second-order valence-electron chi connectivity index (χ2n) is 10.1. The molecule has 2 aromatic carbocycles. The summed E-state index contributed by atoms with van der Waals surface area (Å²) in [6.45, 7) is 6.72. The van der Waals surface area contributed by atoms with Gasteiger partial charge in [0, 0.05) is 18.5 Å². The molecule has 0 spiro atoms. The number of aliphatic hydroxyl groups is 1. The summed E-state index contributed by atoms with van der Waals surface area (Å²) in [7, 11) is 0. The molecule has 43 heavy (non-hydrogen) atoms. The number of rotatable bonds is 10. The van der Waals surface area contributed by atoms with E-state index in [1.807, 2.05) is 55.5 Å². The van der Waals surface area contributed by atoms with E-state index in [4.69, 9.17) is 13.6 Å². The summed E-state index contributed by atoms with van der Waals surface area (Å²) >= 11 is 0. The van der Waals surface area contributed by atoms with Crippen LogP contribution in [-0.2, 0) is 29.9 Å². The monoisotopic (exact) mass is 608 g/mol. The second kappa shape index (κ2) is 14.6. The van der Waals surface area contributed by atoms with Crippen LogP contribution in [-0.4, -0.2) is 93.9 Å². The third kappa shape index (κ3) is 7.72. The number of imidazole rings is 1. The van der Waals surface area contributed by atoms with Crippen LogP contribution in [0.3, 0.4) is 0 Å². The Labute approximate surface area is 285 Å². The molecule has 0 aliphatic rings. The molecule has 0 saturated heterocycles. The number of nitrogens with zero attached hydrogens (tertiary/aromatic N) is 5. The van der Waals surface area contributed by atoms with Gasteiger partial charge in [0.25, 0.3) is 0 Å². The van der Waals surface area contributed by atoms with Crippen molar-refractivity contribution in [3.63, 3.8) is 0 Å². The fourth-order valence-corrected chi connectivity index (χ4v) is 4.60. The summed E-state index contributed by atoms with van der Waals surface area (Å²) in [6.07, 6.45) is 1.37. The molecule has 14 heteroatoms. The Bertz CT molecular complexity index is 1720. The summed E-state index contributed by atoms with van der Waals surface area (Å²) in [4.78, 5) is 29.5. The zero-order chi connectivity index (χ0) is 29.1. The predicted molar refractivity (Wildman–Crippen MR) is 162 cm³/mol. The van der Waals surface area contributed by atoms with Crippen LogP contribution in [0.5, 0.6) is 0 Å². The number of aromatic amines is 1. The van der Waals surface area contributed by atoms with E-state index in [-0.39, 0.29) is 82.1 Å². The summed E-state index contributed by atoms with van der Waals surface area (Å²) < 4.78 is 17.1. The van der Waals surface area contributed by atoms with Crippen molar-refractivity contribution in [2.24, 2.45) is 0 Å². The van der Waals surface area contributed by atoms with Gasteiger partial charge in [0.1, 0.15) is 17.1 Å². The third-order valence-corrected chi connectivity index (χ3v) is 6.58. The van der Waals surface area contributed by atoms with Crippen molar-refractivity contribution < 1.29 is 23.5 Å². The van der Waals surface area contributed by atoms with Crippen LogP contribution >= 0.6 is 0 Å². The maximum absolute atomic E-state index is 13.5. The van der Waals surface area contributed by atoms with Crippen LogP contribution in [0.4, 0.5) is 0 Å². The first-order valence-corrected chi connectivity index (χ1v) is 13.2. The van der Waals surface area contributed by atoms with E-state index < -0.39 is 17.4 Å². The Morgan fingerprint density at radius 2 is 1.79 bits per heavy atom. The second-order valence-corrected chi connectivity index (χ2v) is 10.1. The molecule has 3 heterocycles. The van der Waals surface area contributed by atoms with Gasteiger partial charge in [0.2, 0.25) is 5.82 Å². The van der Waals surface area contributed by atoms with E-state index in [0.717, 1.165) is 28.7 Å². The van der Waals surface area contributed by atoms with Crippen molar-refractivity contribution in [2.75, 3.05) is 0 Å². The fourth-order valence-electron chi connectivity index (χ4n) is 4.60. The molecule has 5 aromatic rings. The van der Waals surface area contributed by atoms with E-state index >= 15 is 0 Å². The van der Waals surface area contributed by atoms with Gasteiger partial charge in [-0.2, -0.15) is 5.21 Å². The Morgan fingerprint density at radius 3 is 2.37 bits per heavy atom. The Morgan fingerprint density at radius 1 is 1.09 bits per heavy atom. The Balaban J connectivity index is 0.00000253. The van der Waals surface area contributed by atoms with Crippen LogP contribution in [0, 0.1) is 6.92 Å². The number of carbonyl (C=O) groups is 1. The van der Waals surface area contributed by atoms with Crippen molar-refractivity contribution >= 4 is 58.6 Å². The number of hydrogen-bond acceptors (Lipinski definition) is 10. The molecule has 12 nitrogen and oxygen atoms in total. The molecule has 0 bridgehead atoms. The summed E-state index contributed by atoms with van der Waals surface area (Å²) in [6, 6.07) is 15.7. The number of carbonyl (C=O) groups excluding carboxylic acids is 1. The molecule has 0 radical (unpaired) electrons. The van der Waals surface area contributed by atoms with E-state index in [9.17, 15) is 14.7 Å². The summed E-state index contributed by atoms with van der Waals surface area (Å²) in [5, 5.41) is 25.3. The average Bonchev–Trinajstić information content (AvgIpc) is 3.67. The average molecular weight is 609 g/mol. The molecule has 0 atom stereocenters. The normalized spacial score (nSPS) is 11.1. The molecule has 2 N–H and O–H groups in total. The zero-order valence-electron chi connectivity index (χ0n) is 23.2. The van der Waals surface area contributed by atoms with Crippen molar-refractivity contribution in [1.82, 2.24) is 30.2 Å². The number of ether oxygens (including phenoxy) is 1. The SMILES string of the molecule is CCCc1nc(C(C)(C)O)c(C(=O)OCc2oc(=O)oc2C)n1Cc1ccc(-c2ccccc2-c2nn[nH]n2)cc1.[MgH2].[NaH]. The molecule has 218 valence electrons. The molecule has 0 fully saturated rings. The fraction of sp³-hybridized carbons (Fsp3) is 0.310. The first kappa shape index (κ1) is 34.4. The van der Waals surface area contributed by atoms with Crippen molar-refractivity contribution in [2.45, 2.75) is 59.3 Å². The summed E-state index contributed by atoms with van der Waals surface area (Å²) in [5.74, 6) is -0.0831. The molecular formula is C29H33MgN6NaO6. The molecule has 0 amide bonds. The molecule has 0 unspecified atom stereocenters. The van der Waals surface area contributed by atoms with Gasteiger partial charge in [-0.3, -0.25) is 0 Å². The zero-order valence-corrected chi connectivity index (χ0v) is 23.2. The molecule has 0 aliphatic heterocycles. The molecule has 0 aliphatic carbocycles. The Kier molecular flexibility index (Phi) is 11.7. The van der Waals surface area contributed by atoms with Crippen LogP contribution in [0.15, 0.2) is 62.2 Å². The number of hydrogen-bond donors (Lipinski definition) is 2. The molecule has 0 saturated carbocycles. The number of H-pyrrole nitrogens is 1. The van der Waals surface area contributed by atoms with Gasteiger partial charge >= 0.3 is 64.4 Å². The van der Waals surface area contributed by atoms with E-state index in [1.165, 1.54) is 0 Å². The maximum atomic E-state index is 13.5. The number of aromatic nitrogens is 6. The van der Waals surface area contributed by atoms with Crippen LogP contribution in [0.2, 0.25) is 0 Å². The topological polar surface area (TPSA) is 162 Å². The number of nitrogens with one attached hydrogen (secondary N) is 1. The van der Waals surface area contributed by atoms with Gasteiger partial charge in [0.15, 0.2) is 23.8 Å². The third-order valence-electron chi connectivity index (χ3n) is 6.58. The van der Waals surface area contributed by atoms with Gasteiger partial charge in [-0.25, -0.2) is 14.6 Å². The molecular weight excluding hydrogens is 576 g/mol. The quantitative estimate of drug-likeness (QED) is 0.178. The standard InChI is InChI=1S/C29H30N6O6.Mg.Na.3H/c1-5-8-23-30-25(29(3,4)38)24(27(36)39-16-22-17(2)40-28(37)41-22)35(23)15-18-11-13-19(14-12-18)20-9-6-7-10-21(20)26-31-33-34-32-26;;;;;/h6-7,9-14,38H,5,8,15-16H2,1-4H3,(H,31,32,33,34);;;;;. The van der Waals surface area contributed by atoms with E-state index in [2.05, 4.69) is 25.6 Å². The molecule has 5 rings (SSSR count). The first-order chi connectivity index (χ1) is 19.7. The Hall–Kier alpha value is -3.07. The number of aryl methyl sites for hydroxylation is 2. The van der Waals surface area contributed by atoms with Crippen molar-refractivity contribution in [1.29, 1.82) is 0 Å².